The maximum Gasteiger partial charge on any atom is 0.304 e. The second-order valence-electron chi connectivity index (χ2n) is 3.12. The molecule has 0 fully saturated rings. The quantitative estimate of drug-likeness (QED) is 0.357. The third kappa shape index (κ3) is 27.1. The Kier molecular flexibility index (Phi) is 22.4. The van der Waals surface area contributed by atoms with Crippen LogP contribution in [-0.2, 0) is 23.9 Å². The van der Waals surface area contributed by atoms with Gasteiger partial charge in [-0.05, 0) is 7.05 Å². The van der Waals surface area contributed by atoms with Crippen LogP contribution in [0.1, 0.15) is 20.8 Å². The van der Waals surface area contributed by atoms with E-state index in [0.717, 1.165) is 0 Å². The van der Waals surface area contributed by atoms with Crippen LogP contribution in [0, 0.1) is 0 Å². The Morgan fingerprint density at radius 2 is 1.47 bits per heavy atom. The minimum atomic E-state index is -0.381. The number of halogens is 2. The Labute approximate surface area is 137 Å². The first-order chi connectivity index (χ1) is 8.81. The molecule has 19 heavy (non-hydrogen) atoms. The average molecular weight is 502 g/mol. The number of esters is 2. The Hall–Kier alpha value is -0.170. The van der Waals surface area contributed by atoms with Crippen LogP contribution < -0.4 is 5.32 Å². The number of amides is 1. The van der Waals surface area contributed by atoms with Crippen LogP contribution in [0.3, 0.4) is 0 Å². The summed E-state index contributed by atoms with van der Waals surface area (Å²) in [6.07, 6.45) is 0. The Morgan fingerprint density at radius 1 is 1.05 bits per heavy atom. The number of ether oxygens (including phenoxy) is 2. The van der Waals surface area contributed by atoms with Crippen molar-refractivity contribution in [1.29, 1.82) is 0 Å². The van der Waals surface area contributed by atoms with Gasteiger partial charge in [-0.2, -0.15) is 0 Å². The highest BCUT2D eigenvalue weighted by Crippen LogP contribution is 1.89. The normalized spacial score (nSPS) is 7.95. The first-order valence-electron chi connectivity index (χ1n) is 5.08. The maximum absolute atomic E-state index is 10.5. The zero-order valence-electron chi connectivity index (χ0n) is 11.7. The number of hydrogen-bond donors (Lipinski definition) is 1. The van der Waals surface area contributed by atoms with Crippen molar-refractivity contribution in [3.63, 3.8) is 0 Å². The lowest BCUT2D eigenvalue weighted by Crippen LogP contribution is -2.27. The van der Waals surface area contributed by atoms with Gasteiger partial charge in [0.15, 0.2) is 6.73 Å². The summed E-state index contributed by atoms with van der Waals surface area (Å²) >= 11 is 4.24. The van der Waals surface area contributed by atoms with Crippen LogP contribution in [0.4, 0.5) is 0 Å². The lowest BCUT2D eigenvalue weighted by atomic mass is 10.6. The molecule has 0 heterocycles. The fourth-order valence-corrected chi connectivity index (χ4v) is 0.452. The monoisotopic (exact) mass is 502 g/mol. The molecular formula is C10H20I2N2O5. The predicted molar refractivity (Wildman–Crippen MR) is 88.8 cm³/mol. The first kappa shape index (κ1) is 23.9. The molecule has 0 aromatic carbocycles. The van der Waals surface area contributed by atoms with Crippen molar-refractivity contribution in [2.75, 3.05) is 27.6 Å². The molecule has 0 aromatic heterocycles. The van der Waals surface area contributed by atoms with Crippen LogP contribution in [0.5, 0.6) is 0 Å². The molecule has 0 bridgehead atoms. The lowest BCUT2D eigenvalue weighted by Gasteiger charge is -2.13. The predicted octanol–water partition coefficient (Wildman–Crippen LogP) is 1.48. The molecule has 0 aromatic rings. The van der Waals surface area contributed by atoms with Gasteiger partial charge >= 0.3 is 11.9 Å². The van der Waals surface area contributed by atoms with Gasteiger partial charge in [0.2, 0.25) is 5.91 Å². The molecule has 9 heteroatoms. The van der Waals surface area contributed by atoms with Crippen molar-refractivity contribution in [3.8, 4) is 0 Å². The second-order valence-corrected chi connectivity index (χ2v) is 3.12. The molecule has 0 radical (unpaired) electrons. The van der Waals surface area contributed by atoms with Crippen LogP contribution in [-0.4, -0.2) is 50.3 Å². The third-order valence-corrected chi connectivity index (χ3v) is 1.42. The minimum Gasteiger partial charge on any atom is -0.450 e. The lowest BCUT2D eigenvalue weighted by molar-refractivity contribution is -0.149. The van der Waals surface area contributed by atoms with E-state index in [9.17, 15) is 14.4 Å². The molecule has 1 amide bonds. The summed E-state index contributed by atoms with van der Waals surface area (Å²) in [5.41, 5.74) is 0. The van der Waals surface area contributed by atoms with Crippen molar-refractivity contribution in [2.24, 2.45) is 0 Å². The zero-order valence-corrected chi connectivity index (χ0v) is 16.0. The highest BCUT2D eigenvalue weighted by atomic mass is 128. The van der Waals surface area contributed by atoms with E-state index in [-0.39, 0.29) is 24.6 Å². The third-order valence-electron chi connectivity index (χ3n) is 1.42. The van der Waals surface area contributed by atoms with Crippen LogP contribution in [0.2, 0.25) is 0 Å². The molecule has 0 aliphatic heterocycles. The van der Waals surface area contributed by atoms with E-state index >= 15 is 0 Å². The van der Waals surface area contributed by atoms with Crippen molar-refractivity contribution < 1.29 is 23.9 Å². The number of hydrogen-bond acceptors (Lipinski definition) is 6. The molecule has 1 N–H and O–H groups in total. The Balaban J connectivity index is -0.000000249. The number of nitrogens with one attached hydrogen (secondary N) is 1. The smallest absolute Gasteiger partial charge is 0.304 e. The fraction of sp³-hybridized carbons (Fsp3) is 0.700. The van der Waals surface area contributed by atoms with E-state index in [0.29, 0.717) is 6.73 Å². The van der Waals surface area contributed by atoms with Crippen molar-refractivity contribution in [2.45, 2.75) is 20.8 Å². The van der Waals surface area contributed by atoms with E-state index in [1.165, 1.54) is 25.7 Å². The standard InChI is InChI=1S/C6H11NO3.C4H9NO2.I2/c1-5(8)7(3)4-10-6(2)9;1-4(6)7-3-5-2;1-2/h4H2,1-3H3;5H,3H2,1-2H3;. The highest BCUT2D eigenvalue weighted by Gasteiger charge is 2.01. The summed E-state index contributed by atoms with van der Waals surface area (Å²) < 4.78 is 8.97. The van der Waals surface area contributed by atoms with Crippen LogP contribution in [0.25, 0.3) is 0 Å². The van der Waals surface area contributed by atoms with Gasteiger partial charge in [0.25, 0.3) is 0 Å². The fourth-order valence-electron chi connectivity index (χ4n) is 0.452. The van der Waals surface area contributed by atoms with E-state index < -0.39 is 0 Å². The van der Waals surface area contributed by atoms with Gasteiger partial charge in [-0.1, -0.05) is 0 Å². The zero-order chi connectivity index (χ0) is 15.8. The van der Waals surface area contributed by atoms with E-state index in [1.54, 1.807) is 14.1 Å². The van der Waals surface area contributed by atoms with E-state index in [1.807, 2.05) is 0 Å². The van der Waals surface area contributed by atoms with Gasteiger partial charge in [-0.3, -0.25) is 19.7 Å². The van der Waals surface area contributed by atoms with Gasteiger partial charge in [-0.25, -0.2) is 0 Å². The SMILES string of the molecule is CC(=O)OCN(C)C(C)=O.CNCOC(C)=O.II. The Bertz CT molecular complexity index is 264. The van der Waals surface area contributed by atoms with Crippen LogP contribution >= 0.6 is 37.2 Å². The molecule has 0 aliphatic carbocycles. The molecule has 0 unspecified atom stereocenters. The van der Waals surface area contributed by atoms with Gasteiger partial charge in [-0.15, -0.1) is 0 Å². The van der Waals surface area contributed by atoms with Crippen molar-refractivity contribution in [3.05, 3.63) is 0 Å². The topological polar surface area (TPSA) is 84.9 Å². The van der Waals surface area contributed by atoms with E-state index in [4.69, 9.17) is 0 Å². The highest BCUT2D eigenvalue weighted by molar-refractivity contribution is 15.0. The molecule has 0 saturated heterocycles. The number of carbonyl (C=O) groups is 3. The molecule has 7 nitrogen and oxygen atoms in total. The molecule has 0 rings (SSSR count). The summed E-state index contributed by atoms with van der Waals surface area (Å²) in [4.78, 5) is 31.9. The Morgan fingerprint density at radius 3 is 1.68 bits per heavy atom. The summed E-state index contributed by atoms with van der Waals surface area (Å²) in [5.74, 6) is -0.760. The molecule has 0 aliphatic rings. The number of rotatable bonds is 4. The number of carbonyl (C=O) groups excluding carboxylic acids is 3. The molecule has 0 spiro atoms. The maximum atomic E-state index is 10.5. The van der Waals surface area contributed by atoms with Crippen LogP contribution in [0.15, 0.2) is 0 Å². The number of nitrogens with zero attached hydrogens (tertiary/aromatic N) is 1. The molecule has 0 atom stereocenters. The second kappa shape index (κ2) is 17.8. The average Bonchev–Trinajstić information content (AvgIpc) is 2.36. The largest absolute Gasteiger partial charge is 0.450 e. The summed E-state index contributed by atoms with van der Waals surface area (Å²) in [6.45, 7) is 4.41. The summed E-state index contributed by atoms with van der Waals surface area (Å²) in [7, 11) is 3.27. The van der Waals surface area contributed by atoms with Crippen molar-refractivity contribution in [1.82, 2.24) is 10.2 Å². The van der Waals surface area contributed by atoms with Gasteiger partial charge < -0.3 is 14.4 Å². The summed E-state index contributed by atoms with van der Waals surface area (Å²) in [5, 5.41) is 2.66. The molecule has 114 valence electrons. The molecule has 0 saturated carbocycles. The minimum absolute atomic E-state index is 0.0324. The summed E-state index contributed by atoms with van der Waals surface area (Å²) in [6, 6.07) is 0. The van der Waals surface area contributed by atoms with Gasteiger partial charge in [0, 0.05) is 65.1 Å². The first-order valence-corrected chi connectivity index (χ1v) is 11.4. The van der Waals surface area contributed by atoms with Crippen molar-refractivity contribution >= 4 is 55.1 Å². The van der Waals surface area contributed by atoms with Gasteiger partial charge in [0.1, 0.15) is 6.73 Å². The molecular weight excluding hydrogens is 482 g/mol. The van der Waals surface area contributed by atoms with Gasteiger partial charge in [0.05, 0.1) is 0 Å². The van der Waals surface area contributed by atoms with E-state index in [2.05, 4.69) is 52.0 Å².